The van der Waals surface area contributed by atoms with Crippen LogP contribution in [0.15, 0.2) is 30.6 Å². The highest BCUT2D eigenvalue weighted by molar-refractivity contribution is 7.20. The van der Waals surface area contributed by atoms with Crippen molar-refractivity contribution in [2.24, 2.45) is 0 Å². The average molecular weight is 344 g/mol. The van der Waals surface area contributed by atoms with Gasteiger partial charge < -0.3 is 10.4 Å². The molecule has 1 aromatic carbocycles. The molecule has 2 aromatic heterocycles. The standard InChI is InChI=1S/C16H16N4O3S/c1-9(2)20-14(18-8-19-20)7-17-15(21)13-6-11-10(16(22)23)4-3-5-12(11)24-13/h3-6,8-9H,7H2,1-2H3,(H,17,21)(H,22,23). The normalized spacial score (nSPS) is 11.1. The van der Waals surface area contributed by atoms with E-state index in [1.54, 1.807) is 22.9 Å². The molecule has 0 aliphatic heterocycles. The van der Waals surface area contributed by atoms with Crippen molar-refractivity contribution >= 4 is 33.3 Å². The van der Waals surface area contributed by atoms with Crippen LogP contribution in [0.25, 0.3) is 10.1 Å². The smallest absolute Gasteiger partial charge is 0.336 e. The van der Waals surface area contributed by atoms with Crippen LogP contribution in [-0.4, -0.2) is 31.7 Å². The number of carbonyl (C=O) groups is 2. The summed E-state index contributed by atoms with van der Waals surface area (Å²) in [7, 11) is 0. The molecule has 1 amide bonds. The predicted octanol–water partition coefficient (Wildman–Crippen LogP) is 2.70. The zero-order valence-electron chi connectivity index (χ0n) is 13.2. The molecule has 0 spiro atoms. The van der Waals surface area contributed by atoms with Gasteiger partial charge in [0.25, 0.3) is 5.91 Å². The Morgan fingerprint density at radius 2 is 2.17 bits per heavy atom. The number of hydrogen-bond donors (Lipinski definition) is 2. The van der Waals surface area contributed by atoms with Crippen LogP contribution in [0.2, 0.25) is 0 Å². The summed E-state index contributed by atoms with van der Waals surface area (Å²) in [6.45, 7) is 4.23. The highest BCUT2D eigenvalue weighted by Gasteiger charge is 2.16. The third-order valence-electron chi connectivity index (χ3n) is 3.56. The van der Waals surface area contributed by atoms with E-state index < -0.39 is 5.97 Å². The Balaban J connectivity index is 1.80. The van der Waals surface area contributed by atoms with E-state index in [1.807, 2.05) is 13.8 Å². The number of benzene rings is 1. The van der Waals surface area contributed by atoms with Gasteiger partial charge in [0.1, 0.15) is 12.2 Å². The topological polar surface area (TPSA) is 97.1 Å². The zero-order valence-corrected chi connectivity index (χ0v) is 14.0. The summed E-state index contributed by atoms with van der Waals surface area (Å²) < 4.78 is 2.51. The van der Waals surface area contributed by atoms with Crippen molar-refractivity contribution < 1.29 is 14.7 Å². The van der Waals surface area contributed by atoms with Crippen LogP contribution in [0.1, 0.15) is 45.7 Å². The second kappa shape index (κ2) is 6.40. The molecule has 2 N–H and O–H groups in total. The third-order valence-corrected chi connectivity index (χ3v) is 4.66. The minimum absolute atomic E-state index is 0.154. The van der Waals surface area contributed by atoms with E-state index in [2.05, 4.69) is 15.4 Å². The van der Waals surface area contributed by atoms with Crippen molar-refractivity contribution in [2.75, 3.05) is 0 Å². The first-order chi connectivity index (χ1) is 11.5. The van der Waals surface area contributed by atoms with Crippen LogP contribution in [0.4, 0.5) is 0 Å². The predicted molar refractivity (Wildman–Crippen MR) is 90.4 cm³/mol. The maximum absolute atomic E-state index is 12.4. The third kappa shape index (κ3) is 3.00. The highest BCUT2D eigenvalue weighted by Crippen LogP contribution is 2.28. The molecule has 0 fully saturated rings. The van der Waals surface area contributed by atoms with Crippen molar-refractivity contribution in [1.29, 1.82) is 0 Å². The number of amides is 1. The van der Waals surface area contributed by atoms with Gasteiger partial charge >= 0.3 is 5.97 Å². The van der Waals surface area contributed by atoms with E-state index in [1.165, 1.54) is 23.7 Å². The number of carboxylic acid groups (broad SMARTS) is 1. The van der Waals surface area contributed by atoms with Crippen LogP contribution in [0.5, 0.6) is 0 Å². The number of thiophene rings is 1. The number of hydrogen-bond acceptors (Lipinski definition) is 5. The summed E-state index contributed by atoms with van der Waals surface area (Å²) in [5, 5.41) is 16.7. The number of nitrogens with zero attached hydrogens (tertiary/aromatic N) is 3. The van der Waals surface area contributed by atoms with E-state index in [-0.39, 0.29) is 24.1 Å². The molecule has 3 aromatic rings. The molecule has 2 heterocycles. The Morgan fingerprint density at radius 1 is 1.38 bits per heavy atom. The quantitative estimate of drug-likeness (QED) is 0.742. The Morgan fingerprint density at radius 3 is 2.88 bits per heavy atom. The van der Waals surface area contributed by atoms with E-state index in [0.717, 1.165) is 4.70 Å². The summed E-state index contributed by atoms with van der Waals surface area (Å²) in [4.78, 5) is 28.2. The van der Waals surface area contributed by atoms with Crippen molar-refractivity contribution in [3.63, 3.8) is 0 Å². The monoisotopic (exact) mass is 344 g/mol. The molecule has 0 saturated carbocycles. The molecule has 0 bridgehead atoms. The summed E-state index contributed by atoms with van der Waals surface area (Å²) in [5.74, 6) is -0.591. The van der Waals surface area contributed by atoms with Gasteiger partial charge in [0.15, 0.2) is 0 Å². The molecule has 0 atom stereocenters. The van der Waals surface area contributed by atoms with Gasteiger partial charge in [-0.3, -0.25) is 4.79 Å². The maximum Gasteiger partial charge on any atom is 0.336 e. The van der Waals surface area contributed by atoms with Crippen LogP contribution in [0.3, 0.4) is 0 Å². The minimum atomic E-state index is -1.00. The molecule has 0 aliphatic rings. The number of nitrogens with one attached hydrogen (secondary N) is 1. The second-order valence-corrected chi connectivity index (χ2v) is 6.61. The first-order valence-electron chi connectivity index (χ1n) is 7.40. The fraction of sp³-hybridized carbons (Fsp3) is 0.250. The molecule has 3 rings (SSSR count). The maximum atomic E-state index is 12.4. The Kier molecular flexibility index (Phi) is 4.30. The summed E-state index contributed by atoms with van der Waals surface area (Å²) in [5.41, 5.74) is 0.197. The number of aromatic carboxylic acids is 1. The molecule has 24 heavy (non-hydrogen) atoms. The second-order valence-electron chi connectivity index (χ2n) is 5.53. The highest BCUT2D eigenvalue weighted by atomic mass is 32.1. The Hall–Kier alpha value is -2.74. The van der Waals surface area contributed by atoms with Crippen molar-refractivity contribution in [3.05, 3.63) is 46.9 Å². The van der Waals surface area contributed by atoms with Gasteiger partial charge in [0.05, 0.1) is 17.0 Å². The summed E-state index contributed by atoms with van der Waals surface area (Å²) in [6, 6.07) is 6.78. The largest absolute Gasteiger partial charge is 0.478 e. The Labute approximate surface area is 141 Å². The lowest BCUT2D eigenvalue weighted by molar-refractivity contribution is 0.0698. The van der Waals surface area contributed by atoms with E-state index >= 15 is 0 Å². The lowest BCUT2D eigenvalue weighted by Crippen LogP contribution is -2.24. The van der Waals surface area contributed by atoms with Crippen molar-refractivity contribution in [3.8, 4) is 0 Å². The molecular weight excluding hydrogens is 328 g/mol. The number of rotatable bonds is 5. The van der Waals surface area contributed by atoms with E-state index in [0.29, 0.717) is 16.1 Å². The van der Waals surface area contributed by atoms with Crippen LogP contribution in [-0.2, 0) is 6.54 Å². The fourth-order valence-corrected chi connectivity index (χ4v) is 3.44. The average Bonchev–Trinajstić information content (AvgIpc) is 3.18. The molecule has 0 radical (unpaired) electrons. The SMILES string of the molecule is CC(C)n1ncnc1CNC(=O)c1cc2c(C(=O)O)cccc2s1. The summed E-state index contributed by atoms with van der Waals surface area (Å²) in [6.07, 6.45) is 1.46. The first kappa shape index (κ1) is 16.1. The lowest BCUT2D eigenvalue weighted by Gasteiger charge is -2.09. The van der Waals surface area contributed by atoms with Gasteiger partial charge in [-0.2, -0.15) is 5.10 Å². The van der Waals surface area contributed by atoms with Crippen LogP contribution >= 0.6 is 11.3 Å². The first-order valence-corrected chi connectivity index (χ1v) is 8.21. The molecule has 8 heteroatoms. The minimum Gasteiger partial charge on any atom is -0.478 e. The molecule has 7 nitrogen and oxygen atoms in total. The molecule has 0 aliphatic carbocycles. The number of carboxylic acids is 1. The van der Waals surface area contributed by atoms with Gasteiger partial charge in [0.2, 0.25) is 0 Å². The number of fused-ring (bicyclic) bond motifs is 1. The van der Waals surface area contributed by atoms with Gasteiger partial charge in [0, 0.05) is 16.1 Å². The number of aromatic nitrogens is 3. The lowest BCUT2D eigenvalue weighted by atomic mass is 10.1. The van der Waals surface area contributed by atoms with Crippen molar-refractivity contribution in [1.82, 2.24) is 20.1 Å². The molecule has 124 valence electrons. The van der Waals surface area contributed by atoms with Gasteiger partial charge in [-0.25, -0.2) is 14.5 Å². The number of carbonyl (C=O) groups excluding carboxylic acids is 1. The van der Waals surface area contributed by atoms with Gasteiger partial charge in [-0.05, 0) is 32.0 Å². The molecule has 0 saturated heterocycles. The van der Waals surface area contributed by atoms with Gasteiger partial charge in [-0.1, -0.05) is 6.07 Å². The molecule has 0 unspecified atom stereocenters. The van der Waals surface area contributed by atoms with Crippen LogP contribution in [0, 0.1) is 0 Å². The van der Waals surface area contributed by atoms with Crippen LogP contribution < -0.4 is 5.32 Å². The fourth-order valence-electron chi connectivity index (χ4n) is 2.44. The Bertz CT molecular complexity index is 913. The van der Waals surface area contributed by atoms with Crippen molar-refractivity contribution in [2.45, 2.75) is 26.4 Å². The zero-order chi connectivity index (χ0) is 17.3. The summed E-state index contributed by atoms with van der Waals surface area (Å²) >= 11 is 1.27. The van der Waals surface area contributed by atoms with E-state index in [4.69, 9.17) is 0 Å². The molecular formula is C16H16N4O3S. The van der Waals surface area contributed by atoms with E-state index in [9.17, 15) is 14.7 Å². The van der Waals surface area contributed by atoms with Gasteiger partial charge in [-0.15, -0.1) is 11.3 Å².